The van der Waals surface area contributed by atoms with E-state index in [9.17, 15) is 4.80 Å². The van der Waals surface area contributed by atoms with Gasteiger partial charge in [0.05, 0.1) is 0 Å². The topological polar surface area (TPSA) is 38.7 Å². The van der Waals surface area contributed by atoms with Crippen LogP contribution in [0, 0.1) is 0 Å². The van der Waals surface area contributed by atoms with E-state index in [2.05, 4.69) is 0 Å². The SMILES string of the molecule is CC.C[SiH2]O[Si](O)(O[SiH](C)C)c1ccccc1. The predicted molar refractivity (Wildman–Crippen MR) is 80.9 cm³/mol. The highest BCUT2D eigenvalue weighted by Crippen LogP contribution is 2.05. The second-order valence-corrected chi connectivity index (χ2v) is 10.1. The van der Waals surface area contributed by atoms with E-state index in [0.717, 1.165) is 5.19 Å². The van der Waals surface area contributed by atoms with Gasteiger partial charge in [-0.1, -0.05) is 50.7 Å². The highest BCUT2D eigenvalue weighted by atomic mass is 28.5. The summed E-state index contributed by atoms with van der Waals surface area (Å²) in [4.78, 5) is 10.4. The number of hydrogen-bond acceptors (Lipinski definition) is 3. The molecule has 0 aliphatic heterocycles. The lowest BCUT2D eigenvalue weighted by molar-refractivity contribution is 0.281. The molecule has 3 nitrogen and oxygen atoms in total. The maximum absolute atomic E-state index is 10.4. The van der Waals surface area contributed by atoms with Crippen LogP contribution in [-0.4, -0.2) is 32.4 Å². The van der Waals surface area contributed by atoms with Crippen LogP contribution in [0.25, 0.3) is 0 Å². The quantitative estimate of drug-likeness (QED) is 0.822. The lowest BCUT2D eigenvalue weighted by Gasteiger charge is -2.26. The van der Waals surface area contributed by atoms with Gasteiger partial charge in [-0.3, -0.25) is 0 Å². The normalized spacial score (nSPS) is 14.5. The van der Waals surface area contributed by atoms with Gasteiger partial charge < -0.3 is 13.0 Å². The minimum atomic E-state index is -3.07. The molecule has 0 fully saturated rings. The fourth-order valence-electron chi connectivity index (χ4n) is 1.35. The highest BCUT2D eigenvalue weighted by molar-refractivity contribution is 6.82. The van der Waals surface area contributed by atoms with E-state index in [-0.39, 0.29) is 0 Å². The molecule has 0 amide bonds. The maximum Gasteiger partial charge on any atom is 0.512 e. The van der Waals surface area contributed by atoms with Crippen LogP contribution in [0.3, 0.4) is 0 Å². The Labute approximate surface area is 110 Å². The van der Waals surface area contributed by atoms with E-state index in [1.807, 2.05) is 63.8 Å². The molecule has 0 bridgehead atoms. The molecule has 98 valence electrons. The van der Waals surface area contributed by atoms with Gasteiger partial charge in [0.2, 0.25) is 0 Å². The molecule has 1 aromatic rings. The average Bonchev–Trinajstić information content (AvgIpc) is 2.32. The van der Waals surface area contributed by atoms with E-state index < -0.39 is 27.6 Å². The summed E-state index contributed by atoms with van der Waals surface area (Å²) >= 11 is 0. The van der Waals surface area contributed by atoms with E-state index in [1.54, 1.807) is 0 Å². The Morgan fingerprint density at radius 1 is 1.18 bits per heavy atom. The molecule has 6 heteroatoms. The monoisotopic (exact) mass is 288 g/mol. The van der Waals surface area contributed by atoms with E-state index in [4.69, 9.17) is 8.23 Å². The molecule has 0 aliphatic rings. The first-order valence-electron chi connectivity index (χ1n) is 6.18. The Balaban J connectivity index is 0.00000121. The Morgan fingerprint density at radius 3 is 2.12 bits per heavy atom. The Morgan fingerprint density at radius 2 is 1.71 bits per heavy atom. The van der Waals surface area contributed by atoms with Gasteiger partial charge >= 0.3 is 8.80 Å². The summed E-state index contributed by atoms with van der Waals surface area (Å²) in [6.45, 7) is 10.1. The van der Waals surface area contributed by atoms with Crippen LogP contribution in [0.4, 0.5) is 0 Å². The Hall–Kier alpha value is -0.249. The summed E-state index contributed by atoms with van der Waals surface area (Å²) in [5, 5.41) is 0.820. The molecule has 1 rings (SSSR count). The molecule has 0 spiro atoms. The van der Waals surface area contributed by atoms with Gasteiger partial charge in [-0.25, -0.2) is 0 Å². The van der Waals surface area contributed by atoms with Gasteiger partial charge in [-0.2, -0.15) is 0 Å². The van der Waals surface area contributed by atoms with E-state index in [0.29, 0.717) is 0 Å². The van der Waals surface area contributed by atoms with E-state index >= 15 is 0 Å². The number of hydrogen-bond donors (Lipinski definition) is 1. The van der Waals surface area contributed by atoms with Gasteiger partial charge in [0.25, 0.3) is 0 Å². The zero-order valence-corrected chi connectivity index (χ0v) is 15.0. The fourth-order valence-corrected chi connectivity index (χ4v) is 8.18. The molecular formula is C11H24O3Si3. The van der Waals surface area contributed by atoms with Gasteiger partial charge in [0.1, 0.15) is 9.76 Å². The van der Waals surface area contributed by atoms with Crippen molar-refractivity contribution < 1.29 is 13.0 Å². The molecule has 0 aliphatic carbocycles. The second kappa shape index (κ2) is 8.79. The average molecular weight is 289 g/mol. The summed E-state index contributed by atoms with van der Waals surface area (Å²) < 4.78 is 11.3. The highest BCUT2D eigenvalue weighted by Gasteiger charge is 2.39. The first-order chi connectivity index (χ1) is 8.08. The first kappa shape index (κ1) is 16.8. The Bertz CT molecular complexity index is 295. The largest absolute Gasteiger partial charge is 0.512 e. The number of rotatable bonds is 5. The van der Waals surface area contributed by atoms with Crippen LogP contribution in [0.1, 0.15) is 13.8 Å². The lowest BCUT2D eigenvalue weighted by Crippen LogP contribution is -2.56. The lowest BCUT2D eigenvalue weighted by atomic mass is 10.4. The second-order valence-electron chi connectivity index (χ2n) is 3.55. The third kappa shape index (κ3) is 5.75. The standard InChI is InChI=1S/C9H18O3Si3.C2H6/c1-13-11-15(10,12-14(2)3)9-7-5-4-6-8-9;1-2/h4-8,10,14H,13H2,1-3H3;1-2H3. The zero-order chi connectivity index (χ0) is 13.3. The summed E-state index contributed by atoms with van der Waals surface area (Å²) in [5.41, 5.74) is 0. The van der Waals surface area contributed by atoms with Crippen LogP contribution in [0.15, 0.2) is 30.3 Å². The predicted octanol–water partition coefficient (Wildman–Crippen LogP) is 0.999. The number of benzene rings is 1. The van der Waals surface area contributed by atoms with Crippen LogP contribution in [-0.2, 0) is 8.23 Å². The molecule has 0 saturated carbocycles. The van der Waals surface area contributed by atoms with Crippen molar-refractivity contribution in [3.8, 4) is 0 Å². The molecule has 17 heavy (non-hydrogen) atoms. The van der Waals surface area contributed by atoms with Gasteiger partial charge in [0.15, 0.2) is 9.04 Å². The van der Waals surface area contributed by atoms with Crippen molar-refractivity contribution in [1.29, 1.82) is 0 Å². The van der Waals surface area contributed by atoms with Crippen molar-refractivity contribution in [1.82, 2.24) is 0 Å². The van der Waals surface area contributed by atoms with E-state index in [1.165, 1.54) is 0 Å². The van der Waals surface area contributed by atoms with Gasteiger partial charge in [-0.15, -0.1) is 0 Å². The Kier molecular flexibility index (Phi) is 8.66. The molecule has 1 atom stereocenters. The van der Waals surface area contributed by atoms with Crippen LogP contribution < -0.4 is 5.19 Å². The summed E-state index contributed by atoms with van der Waals surface area (Å²) in [6.07, 6.45) is 0. The molecule has 1 N–H and O–H groups in total. The zero-order valence-electron chi connectivity index (χ0n) is 11.4. The molecule has 0 saturated heterocycles. The van der Waals surface area contributed by atoms with Crippen molar-refractivity contribution in [2.75, 3.05) is 0 Å². The smallest absolute Gasteiger partial charge is 0.419 e. The maximum atomic E-state index is 10.4. The third-order valence-electron chi connectivity index (χ3n) is 1.87. The molecule has 0 radical (unpaired) electrons. The fraction of sp³-hybridized carbons (Fsp3) is 0.455. The minimum absolute atomic E-state index is 0.668. The van der Waals surface area contributed by atoms with Gasteiger partial charge in [-0.05, 0) is 13.1 Å². The van der Waals surface area contributed by atoms with Crippen molar-refractivity contribution >= 4 is 32.8 Å². The van der Waals surface area contributed by atoms with Crippen molar-refractivity contribution in [2.24, 2.45) is 0 Å². The van der Waals surface area contributed by atoms with Crippen molar-refractivity contribution in [3.63, 3.8) is 0 Å². The molecule has 0 heterocycles. The minimum Gasteiger partial charge on any atom is -0.419 e. The molecular weight excluding hydrogens is 264 g/mol. The molecule has 0 aromatic heterocycles. The van der Waals surface area contributed by atoms with Crippen molar-refractivity contribution in [3.05, 3.63) is 30.3 Å². The van der Waals surface area contributed by atoms with Crippen molar-refractivity contribution in [2.45, 2.75) is 33.5 Å². The first-order valence-corrected chi connectivity index (χ1v) is 12.7. The van der Waals surface area contributed by atoms with Crippen LogP contribution in [0.5, 0.6) is 0 Å². The molecule has 1 aromatic carbocycles. The summed E-state index contributed by atoms with van der Waals surface area (Å²) in [5.74, 6) is 0. The summed E-state index contributed by atoms with van der Waals surface area (Å²) in [7, 11) is -5.02. The molecule has 1 unspecified atom stereocenters. The van der Waals surface area contributed by atoms with Crippen LogP contribution in [0.2, 0.25) is 19.6 Å². The van der Waals surface area contributed by atoms with Gasteiger partial charge in [0, 0.05) is 5.19 Å². The summed E-state index contributed by atoms with van der Waals surface area (Å²) in [6, 6.07) is 9.49. The van der Waals surface area contributed by atoms with Crippen LogP contribution >= 0.6 is 0 Å². The third-order valence-corrected chi connectivity index (χ3v) is 8.82.